The van der Waals surface area contributed by atoms with Gasteiger partial charge in [-0.25, -0.2) is 0 Å². The topological polar surface area (TPSA) is 35.5 Å². The van der Waals surface area contributed by atoms with Crippen LogP contribution in [-0.2, 0) is 6.54 Å². The molecule has 2 N–H and O–H groups in total. The molecular weight excluding hydrogens is 272 g/mol. The summed E-state index contributed by atoms with van der Waals surface area (Å²) in [6.07, 6.45) is 2.08. The predicted octanol–water partition coefficient (Wildman–Crippen LogP) is 3.05. The monoisotopic (exact) mass is 296 g/mol. The number of hydrogen-bond donors (Lipinski definition) is 2. The SMILES string of the molecule is CC(C)NCc1cccc(Cl)c1N1CCC(CO)CC1. The molecule has 0 saturated carbocycles. The van der Waals surface area contributed by atoms with Crippen LogP contribution >= 0.6 is 11.6 Å². The summed E-state index contributed by atoms with van der Waals surface area (Å²) in [6.45, 7) is 7.40. The molecule has 112 valence electrons. The second kappa shape index (κ2) is 7.30. The van der Waals surface area contributed by atoms with Crippen LogP contribution in [0.3, 0.4) is 0 Å². The van der Waals surface area contributed by atoms with Gasteiger partial charge in [0.2, 0.25) is 0 Å². The van der Waals surface area contributed by atoms with Gasteiger partial charge in [-0.1, -0.05) is 37.6 Å². The molecule has 1 saturated heterocycles. The van der Waals surface area contributed by atoms with E-state index in [4.69, 9.17) is 11.6 Å². The quantitative estimate of drug-likeness (QED) is 0.877. The number of halogens is 1. The Kier molecular flexibility index (Phi) is 5.70. The molecule has 3 nitrogen and oxygen atoms in total. The first kappa shape index (κ1) is 15.6. The van der Waals surface area contributed by atoms with Crippen molar-refractivity contribution in [3.8, 4) is 0 Å². The number of piperidine rings is 1. The molecule has 2 rings (SSSR count). The number of para-hydroxylation sites is 1. The van der Waals surface area contributed by atoms with Crippen LogP contribution in [0.5, 0.6) is 0 Å². The van der Waals surface area contributed by atoms with E-state index < -0.39 is 0 Å². The van der Waals surface area contributed by atoms with Crippen molar-refractivity contribution in [1.29, 1.82) is 0 Å². The summed E-state index contributed by atoms with van der Waals surface area (Å²) in [6, 6.07) is 6.59. The minimum atomic E-state index is 0.304. The lowest BCUT2D eigenvalue weighted by molar-refractivity contribution is 0.203. The minimum absolute atomic E-state index is 0.304. The Morgan fingerprint density at radius 2 is 2.05 bits per heavy atom. The molecule has 0 aliphatic carbocycles. The van der Waals surface area contributed by atoms with Gasteiger partial charge in [-0.3, -0.25) is 0 Å². The van der Waals surface area contributed by atoms with Gasteiger partial charge in [-0.05, 0) is 30.4 Å². The van der Waals surface area contributed by atoms with E-state index in [-0.39, 0.29) is 0 Å². The molecular formula is C16H25ClN2O. The first-order valence-electron chi connectivity index (χ1n) is 7.48. The number of benzene rings is 1. The molecule has 4 heteroatoms. The molecule has 1 aromatic rings. The number of aliphatic hydroxyl groups is 1. The largest absolute Gasteiger partial charge is 0.396 e. The lowest BCUT2D eigenvalue weighted by Gasteiger charge is -2.35. The van der Waals surface area contributed by atoms with Gasteiger partial charge in [0, 0.05) is 32.3 Å². The fourth-order valence-electron chi connectivity index (χ4n) is 2.71. The average molecular weight is 297 g/mol. The third-order valence-corrected chi connectivity index (χ3v) is 4.27. The van der Waals surface area contributed by atoms with Crippen LogP contribution in [0.2, 0.25) is 5.02 Å². The number of anilines is 1. The third kappa shape index (κ3) is 3.87. The van der Waals surface area contributed by atoms with Crippen molar-refractivity contribution < 1.29 is 5.11 Å². The molecule has 1 aromatic carbocycles. The molecule has 1 aliphatic heterocycles. The highest BCUT2D eigenvalue weighted by molar-refractivity contribution is 6.33. The van der Waals surface area contributed by atoms with E-state index >= 15 is 0 Å². The molecule has 0 aromatic heterocycles. The summed E-state index contributed by atoms with van der Waals surface area (Å²) in [4.78, 5) is 2.37. The summed E-state index contributed by atoms with van der Waals surface area (Å²) in [7, 11) is 0. The fourth-order valence-corrected chi connectivity index (χ4v) is 3.02. The number of aliphatic hydroxyl groups excluding tert-OH is 1. The smallest absolute Gasteiger partial charge is 0.0642 e. The fraction of sp³-hybridized carbons (Fsp3) is 0.625. The maximum Gasteiger partial charge on any atom is 0.0642 e. The molecule has 1 heterocycles. The minimum Gasteiger partial charge on any atom is -0.396 e. The van der Waals surface area contributed by atoms with Crippen molar-refractivity contribution in [1.82, 2.24) is 5.32 Å². The van der Waals surface area contributed by atoms with Crippen molar-refractivity contribution in [2.75, 3.05) is 24.6 Å². The van der Waals surface area contributed by atoms with Gasteiger partial charge in [0.15, 0.2) is 0 Å². The molecule has 0 atom stereocenters. The van der Waals surface area contributed by atoms with Crippen LogP contribution in [0.15, 0.2) is 18.2 Å². The number of nitrogens with zero attached hydrogens (tertiary/aromatic N) is 1. The van der Waals surface area contributed by atoms with Crippen molar-refractivity contribution in [3.63, 3.8) is 0 Å². The van der Waals surface area contributed by atoms with Gasteiger partial charge in [0.05, 0.1) is 10.7 Å². The number of hydrogen-bond acceptors (Lipinski definition) is 3. The van der Waals surface area contributed by atoms with E-state index in [0.717, 1.165) is 37.5 Å². The number of nitrogens with one attached hydrogen (secondary N) is 1. The van der Waals surface area contributed by atoms with E-state index in [2.05, 4.69) is 30.1 Å². The Bertz CT molecular complexity index is 428. The van der Waals surface area contributed by atoms with Gasteiger partial charge in [-0.2, -0.15) is 0 Å². The maximum absolute atomic E-state index is 9.25. The molecule has 0 spiro atoms. The molecule has 0 amide bonds. The highest BCUT2D eigenvalue weighted by atomic mass is 35.5. The second-order valence-electron chi connectivity index (χ2n) is 5.90. The van der Waals surface area contributed by atoms with E-state index in [0.29, 0.717) is 18.6 Å². The van der Waals surface area contributed by atoms with Crippen molar-refractivity contribution in [2.24, 2.45) is 5.92 Å². The Hall–Kier alpha value is -0.770. The normalized spacial score (nSPS) is 16.9. The lowest BCUT2D eigenvalue weighted by atomic mass is 9.97. The zero-order valence-corrected chi connectivity index (χ0v) is 13.2. The first-order valence-corrected chi connectivity index (χ1v) is 7.86. The van der Waals surface area contributed by atoms with Crippen LogP contribution in [0, 0.1) is 5.92 Å². The Labute approximate surface area is 126 Å². The van der Waals surface area contributed by atoms with Crippen molar-refractivity contribution >= 4 is 17.3 Å². The Morgan fingerprint density at radius 3 is 2.65 bits per heavy atom. The molecule has 0 unspecified atom stereocenters. The highest BCUT2D eigenvalue weighted by Crippen LogP contribution is 2.33. The Balaban J connectivity index is 2.13. The van der Waals surface area contributed by atoms with Gasteiger partial charge >= 0.3 is 0 Å². The summed E-state index contributed by atoms with van der Waals surface area (Å²) in [5.41, 5.74) is 2.42. The molecule has 1 fully saturated rings. The van der Waals surface area contributed by atoms with Gasteiger partial charge in [0.25, 0.3) is 0 Å². The standard InChI is InChI=1S/C16H25ClN2O/c1-12(2)18-10-14-4-3-5-15(17)16(14)19-8-6-13(11-20)7-9-19/h3-5,12-13,18,20H,6-11H2,1-2H3. The predicted molar refractivity (Wildman–Crippen MR) is 85.5 cm³/mol. The Morgan fingerprint density at radius 1 is 1.35 bits per heavy atom. The van der Waals surface area contributed by atoms with Crippen LogP contribution < -0.4 is 10.2 Å². The van der Waals surface area contributed by atoms with Gasteiger partial charge < -0.3 is 15.3 Å². The zero-order chi connectivity index (χ0) is 14.5. The maximum atomic E-state index is 9.25. The van der Waals surface area contributed by atoms with E-state index in [1.165, 1.54) is 11.3 Å². The van der Waals surface area contributed by atoms with Crippen LogP contribution in [0.4, 0.5) is 5.69 Å². The molecule has 0 bridgehead atoms. The van der Waals surface area contributed by atoms with Crippen LogP contribution in [0.25, 0.3) is 0 Å². The summed E-state index contributed by atoms with van der Waals surface area (Å²) in [5.74, 6) is 0.450. The summed E-state index contributed by atoms with van der Waals surface area (Å²) in [5, 5.41) is 13.5. The van der Waals surface area contributed by atoms with Crippen molar-refractivity contribution in [3.05, 3.63) is 28.8 Å². The third-order valence-electron chi connectivity index (χ3n) is 3.96. The average Bonchev–Trinajstić information content (AvgIpc) is 2.45. The van der Waals surface area contributed by atoms with Gasteiger partial charge in [0.1, 0.15) is 0 Å². The lowest BCUT2D eigenvalue weighted by Crippen LogP contribution is -2.36. The second-order valence-corrected chi connectivity index (χ2v) is 6.30. The van der Waals surface area contributed by atoms with Crippen LogP contribution in [-0.4, -0.2) is 30.8 Å². The first-order chi connectivity index (χ1) is 9.61. The summed E-state index contributed by atoms with van der Waals surface area (Å²) < 4.78 is 0. The van der Waals surface area contributed by atoms with Crippen LogP contribution in [0.1, 0.15) is 32.3 Å². The van der Waals surface area contributed by atoms with E-state index in [1.54, 1.807) is 0 Å². The highest BCUT2D eigenvalue weighted by Gasteiger charge is 2.22. The molecule has 0 radical (unpaired) electrons. The van der Waals surface area contributed by atoms with E-state index in [1.807, 2.05) is 12.1 Å². The zero-order valence-electron chi connectivity index (χ0n) is 12.4. The molecule has 1 aliphatic rings. The summed E-state index contributed by atoms with van der Waals surface area (Å²) >= 11 is 6.43. The number of rotatable bonds is 5. The van der Waals surface area contributed by atoms with Gasteiger partial charge in [-0.15, -0.1) is 0 Å². The van der Waals surface area contributed by atoms with E-state index in [9.17, 15) is 5.11 Å². The molecule has 20 heavy (non-hydrogen) atoms. The van der Waals surface area contributed by atoms with Crippen molar-refractivity contribution in [2.45, 2.75) is 39.3 Å².